The van der Waals surface area contributed by atoms with Crippen molar-refractivity contribution in [3.05, 3.63) is 24.3 Å². The first-order valence-corrected chi connectivity index (χ1v) is 8.64. The van der Waals surface area contributed by atoms with Gasteiger partial charge in [-0.05, 0) is 36.6 Å². The molecule has 0 saturated heterocycles. The average molecular weight is 304 g/mol. The van der Waals surface area contributed by atoms with Crippen LogP contribution in [-0.4, -0.2) is 26.1 Å². The molecule has 0 amide bonds. The maximum Gasteiger partial charge on any atom is 0.178 e. The van der Waals surface area contributed by atoms with Gasteiger partial charge in [-0.3, -0.25) is 0 Å². The van der Waals surface area contributed by atoms with Gasteiger partial charge in [-0.1, -0.05) is 20.8 Å². The number of hydrogen-bond donors (Lipinski definition) is 1. The van der Waals surface area contributed by atoms with Crippen LogP contribution in [0.5, 0.6) is 0 Å². The fourth-order valence-corrected chi connectivity index (χ4v) is 3.09. The molecular weight excluding hydrogens is 282 g/mol. The van der Waals surface area contributed by atoms with Gasteiger partial charge >= 0.3 is 0 Å². The summed E-state index contributed by atoms with van der Waals surface area (Å²) in [5.41, 5.74) is 0.893. The van der Waals surface area contributed by atoms with E-state index in [1.54, 1.807) is 31.2 Å². The third-order valence-corrected chi connectivity index (χ3v) is 4.93. The topological polar surface area (TPSA) is 46.2 Å². The van der Waals surface area contributed by atoms with Crippen LogP contribution < -0.4 is 5.32 Å². The zero-order valence-electron chi connectivity index (χ0n) is 11.7. The molecule has 0 aliphatic heterocycles. The second-order valence-electron chi connectivity index (χ2n) is 5.04. The summed E-state index contributed by atoms with van der Waals surface area (Å²) in [6, 6.07) is 6.82. The van der Waals surface area contributed by atoms with Crippen LogP contribution in [0.25, 0.3) is 0 Å². The van der Waals surface area contributed by atoms with Crippen LogP contribution in [0, 0.1) is 5.92 Å². The second-order valence-corrected chi connectivity index (χ2v) is 7.93. The van der Waals surface area contributed by atoms with Crippen molar-refractivity contribution in [1.82, 2.24) is 0 Å². The quantitative estimate of drug-likeness (QED) is 0.784. The molecule has 5 heteroatoms. The maximum atomic E-state index is 11.7. The molecule has 0 bridgehead atoms. The zero-order chi connectivity index (χ0) is 14.5. The Labute approximate surface area is 121 Å². The van der Waals surface area contributed by atoms with Gasteiger partial charge in [0.25, 0.3) is 0 Å². The van der Waals surface area contributed by atoms with Gasteiger partial charge in [-0.15, -0.1) is 11.6 Å². The van der Waals surface area contributed by atoms with Crippen molar-refractivity contribution >= 4 is 27.1 Å². The monoisotopic (exact) mass is 303 g/mol. The molecule has 0 heterocycles. The van der Waals surface area contributed by atoms with E-state index in [9.17, 15) is 8.42 Å². The molecule has 0 spiro atoms. The minimum atomic E-state index is -3.12. The number of anilines is 1. The number of hydrogen-bond acceptors (Lipinski definition) is 3. The van der Waals surface area contributed by atoms with Gasteiger partial charge < -0.3 is 5.32 Å². The predicted octanol–water partition coefficient (Wildman–Crippen LogP) is 3.55. The Kier molecular flexibility index (Phi) is 6.14. The SMILES string of the molecule is CCS(=O)(=O)c1ccc(NCC(Cl)CC(C)C)cc1. The third-order valence-electron chi connectivity index (χ3n) is 2.85. The molecule has 3 nitrogen and oxygen atoms in total. The zero-order valence-corrected chi connectivity index (χ0v) is 13.3. The van der Waals surface area contributed by atoms with E-state index in [1.165, 1.54) is 0 Å². The van der Waals surface area contributed by atoms with E-state index in [0.29, 0.717) is 17.4 Å². The molecule has 1 unspecified atom stereocenters. The smallest absolute Gasteiger partial charge is 0.178 e. The van der Waals surface area contributed by atoms with Gasteiger partial charge in [0, 0.05) is 12.2 Å². The van der Waals surface area contributed by atoms with Crippen molar-refractivity contribution in [2.45, 2.75) is 37.5 Å². The molecule has 1 aromatic rings. The summed E-state index contributed by atoms with van der Waals surface area (Å²) in [4.78, 5) is 0.366. The standard InChI is InChI=1S/C14H22ClNO2S/c1-4-19(17,18)14-7-5-13(6-8-14)16-10-12(15)9-11(2)3/h5-8,11-12,16H,4,9-10H2,1-3H3. The highest BCUT2D eigenvalue weighted by Gasteiger charge is 2.11. The van der Waals surface area contributed by atoms with Crippen LogP contribution in [0.3, 0.4) is 0 Å². The second kappa shape index (κ2) is 7.15. The maximum absolute atomic E-state index is 11.7. The first-order valence-electron chi connectivity index (χ1n) is 6.56. The van der Waals surface area contributed by atoms with Crippen molar-refractivity contribution < 1.29 is 8.42 Å². The van der Waals surface area contributed by atoms with E-state index < -0.39 is 9.84 Å². The molecule has 108 valence electrons. The molecule has 1 atom stereocenters. The summed E-state index contributed by atoms with van der Waals surface area (Å²) in [6.07, 6.45) is 0.955. The van der Waals surface area contributed by atoms with Gasteiger partial charge in [0.05, 0.1) is 16.0 Å². The van der Waals surface area contributed by atoms with Crippen molar-refractivity contribution in [3.63, 3.8) is 0 Å². The van der Waals surface area contributed by atoms with Crippen LogP contribution in [0.4, 0.5) is 5.69 Å². The highest BCUT2D eigenvalue weighted by molar-refractivity contribution is 7.91. The Morgan fingerprint density at radius 1 is 1.21 bits per heavy atom. The summed E-state index contributed by atoms with van der Waals surface area (Å²) in [7, 11) is -3.12. The lowest BCUT2D eigenvalue weighted by Gasteiger charge is -2.14. The van der Waals surface area contributed by atoms with Gasteiger partial charge in [-0.25, -0.2) is 8.42 Å². The molecule has 0 aliphatic carbocycles. The van der Waals surface area contributed by atoms with Crippen molar-refractivity contribution in [1.29, 1.82) is 0 Å². The van der Waals surface area contributed by atoms with E-state index in [4.69, 9.17) is 11.6 Å². The van der Waals surface area contributed by atoms with Gasteiger partial charge in [0.15, 0.2) is 9.84 Å². The number of sulfone groups is 1. The minimum absolute atomic E-state index is 0.0825. The third kappa shape index (κ3) is 5.41. The molecule has 1 rings (SSSR count). The lowest BCUT2D eigenvalue weighted by molar-refractivity contribution is 0.572. The Balaban J connectivity index is 2.58. The number of rotatable bonds is 7. The fourth-order valence-electron chi connectivity index (χ4n) is 1.77. The first-order chi connectivity index (χ1) is 8.85. The molecular formula is C14H22ClNO2S. The highest BCUT2D eigenvalue weighted by atomic mass is 35.5. The molecule has 0 fully saturated rings. The average Bonchev–Trinajstić information content (AvgIpc) is 2.36. The molecule has 0 radical (unpaired) electrons. The Morgan fingerprint density at radius 2 is 1.79 bits per heavy atom. The molecule has 1 aromatic carbocycles. The van der Waals surface area contributed by atoms with Crippen molar-refractivity contribution in [2.75, 3.05) is 17.6 Å². The molecule has 0 aliphatic rings. The first kappa shape index (κ1) is 16.3. The number of benzene rings is 1. The summed E-state index contributed by atoms with van der Waals surface area (Å²) < 4.78 is 23.3. The number of alkyl halides is 1. The van der Waals surface area contributed by atoms with E-state index in [0.717, 1.165) is 12.1 Å². The number of halogens is 1. The van der Waals surface area contributed by atoms with Crippen LogP contribution >= 0.6 is 11.6 Å². The minimum Gasteiger partial charge on any atom is -0.384 e. The van der Waals surface area contributed by atoms with Crippen LogP contribution in [0.2, 0.25) is 0 Å². The van der Waals surface area contributed by atoms with Crippen molar-refractivity contribution in [2.24, 2.45) is 5.92 Å². The summed E-state index contributed by atoms with van der Waals surface area (Å²) in [5, 5.41) is 3.30. The molecule has 0 aromatic heterocycles. The Hall–Kier alpha value is -0.740. The Morgan fingerprint density at radius 3 is 2.26 bits per heavy atom. The van der Waals surface area contributed by atoms with E-state index in [-0.39, 0.29) is 11.1 Å². The lowest BCUT2D eigenvalue weighted by Crippen LogP contribution is -2.16. The summed E-state index contributed by atoms with van der Waals surface area (Å²) in [6.45, 7) is 6.60. The normalized spacial score (nSPS) is 13.5. The Bertz CT molecular complexity index is 483. The summed E-state index contributed by atoms with van der Waals surface area (Å²) in [5.74, 6) is 0.694. The van der Waals surface area contributed by atoms with E-state index >= 15 is 0 Å². The van der Waals surface area contributed by atoms with Gasteiger partial charge in [-0.2, -0.15) is 0 Å². The molecule has 0 saturated carbocycles. The van der Waals surface area contributed by atoms with Crippen LogP contribution in [0.15, 0.2) is 29.2 Å². The highest BCUT2D eigenvalue weighted by Crippen LogP contribution is 2.17. The van der Waals surface area contributed by atoms with E-state index in [1.807, 2.05) is 0 Å². The molecule has 19 heavy (non-hydrogen) atoms. The molecule has 1 N–H and O–H groups in total. The van der Waals surface area contributed by atoms with Gasteiger partial charge in [0.2, 0.25) is 0 Å². The fraction of sp³-hybridized carbons (Fsp3) is 0.571. The predicted molar refractivity (Wildman–Crippen MR) is 81.8 cm³/mol. The van der Waals surface area contributed by atoms with Crippen LogP contribution in [-0.2, 0) is 9.84 Å². The van der Waals surface area contributed by atoms with Crippen molar-refractivity contribution in [3.8, 4) is 0 Å². The lowest BCUT2D eigenvalue weighted by atomic mass is 10.1. The largest absolute Gasteiger partial charge is 0.384 e. The summed E-state index contributed by atoms with van der Waals surface area (Å²) >= 11 is 6.19. The number of nitrogens with one attached hydrogen (secondary N) is 1. The van der Waals surface area contributed by atoms with Crippen LogP contribution in [0.1, 0.15) is 27.2 Å². The van der Waals surface area contributed by atoms with Gasteiger partial charge in [0.1, 0.15) is 0 Å². The van der Waals surface area contributed by atoms with E-state index in [2.05, 4.69) is 19.2 Å².